The second-order valence-electron chi connectivity index (χ2n) is 4.28. The molecule has 2 atom stereocenters. The Morgan fingerprint density at radius 1 is 1.36 bits per heavy atom. The molecule has 0 heterocycles. The van der Waals surface area contributed by atoms with Crippen LogP contribution in [0.5, 0.6) is 0 Å². The van der Waals surface area contributed by atoms with Crippen molar-refractivity contribution in [2.24, 2.45) is 0 Å². The van der Waals surface area contributed by atoms with E-state index >= 15 is 0 Å². The van der Waals surface area contributed by atoms with Crippen molar-refractivity contribution >= 4 is 8.15 Å². The molecule has 0 saturated carbocycles. The molecule has 0 amide bonds. The van der Waals surface area contributed by atoms with Crippen LogP contribution in [0.15, 0.2) is 0 Å². The van der Waals surface area contributed by atoms with E-state index in [9.17, 15) is 5.21 Å². The molecule has 0 spiro atoms. The number of hydrogen-bond donors (Lipinski definition) is 0. The van der Waals surface area contributed by atoms with Crippen LogP contribution in [0.4, 0.5) is 0 Å². The molecule has 0 N–H and O–H groups in total. The fraction of sp³-hybridized carbons (Fsp3) is 1.00. The summed E-state index contributed by atoms with van der Waals surface area (Å²) in [6.07, 6.45) is 0.944. The van der Waals surface area contributed by atoms with E-state index < -0.39 is 8.15 Å². The maximum atomic E-state index is 11.9. The summed E-state index contributed by atoms with van der Waals surface area (Å²) in [6.45, 7) is 12.5. The first-order chi connectivity index (χ1) is 6.34. The third-order valence-corrected chi connectivity index (χ3v) is 4.28. The van der Waals surface area contributed by atoms with E-state index in [1.165, 1.54) is 0 Å². The van der Waals surface area contributed by atoms with Gasteiger partial charge in [-0.15, -0.1) is 10.3 Å². The summed E-state index contributed by atoms with van der Waals surface area (Å²) in [5.74, 6) is -0.0186. The van der Waals surface area contributed by atoms with E-state index in [1.807, 2.05) is 34.6 Å². The lowest BCUT2D eigenvalue weighted by molar-refractivity contribution is -0.219. The van der Waals surface area contributed by atoms with Crippen molar-refractivity contribution in [2.45, 2.75) is 52.9 Å². The predicted molar refractivity (Wildman–Crippen MR) is 60.8 cm³/mol. The summed E-state index contributed by atoms with van der Waals surface area (Å²) < 4.78 is 5.59. The van der Waals surface area contributed by atoms with Crippen LogP contribution in [0.3, 0.4) is 0 Å². The average Bonchev–Trinajstić information content (AvgIpc) is 2.10. The molecule has 0 bridgehead atoms. The standard InChI is InChI=1S/C10H23NO2P/c1-7-13-14(8-2)9(3)11(12)10(4,5)6/h9H,7-8H2,1-6H3. The van der Waals surface area contributed by atoms with Crippen LogP contribution in [0, 0.1) is 0 Å². The fourth-order valence-electron chi connectivity index (χ4n) is 1.31. The second-order valence-corrected chi connectivity index (χ2v) is 6.75. The highest BCUT2D eigenvalue weighted by atomic mass is 31.1. The third kappa shape index (κ3) is 4.22. The molecular weight excluding hydrogens is 197 g/mol. The Bertz CT molecular complexity index is 159. The molecule has 0 aromatic heterocycles. The lowest BCUT2D eigenvalue weighted by Crippen LogP contribution is -2.43. The van der Waals surface area contributed by atoms with E-state index in [1.54, 1.807) is 0 Å². The van der Waals surface area contributed by atoms with Crippen LogP contribution in [-0.4, -0.2) is 29.2 Å². The zero-order chi connectivity index (χ0) is 11.4. The SMILES string of the molecule is CCOP(CC)C(C)N([O])C(C)(C)C. The molecule has 85 valence electrons. The summed E-state index contributed by atoms with van der Waals surface area (Å²) in [5, 5.41) is 13.1. The molecule has 14 heavy (non-hydrogen) atoms. The Balaban J connectivity index is 4.33. The maximum Gasteiger partial charge on any atom is 0.0802 e. The molecule has 0 aliphatic heterocycles. The van der Waals surface area contributed by atoms with Gasteiger partial charge in [0.1, 0.15) is 0 Å². The number of hydrogen-bond acceptors (Lipinski definition) is 2. The van der Waals surface area contributed by atoms with Crippen LogP contribution < -0.4 is 0 Å². The minimum atomic E-state index is -0.610. The highest BCUT2D eigenvalue weighted by Crippen LogP contribution is 2.44. The first-order valence-electron chi connectivity index (χ1n) is 5.20. The first kappa shape index (κ1) is 14.3. The molecule has 0 saturated heterocycles. The summed E-state index contributed by atoms with van der Waals surface area (Å²) in [5.41, 5.74) is -0.327. The molecule has 0 aromatic carbocycles. The van der Waals surface area contributed by atoms with Gasteiger partial charge in [0.05, 0.1) is 5.78 Å². The minimum absolute atomic E-state index is 0.0186. The van der Waals surface area contributed by atoms with E-state index in [0.29, 0.717) is 6.61 Å². The van der Waals surface area contributed by atoms with Crippen molar-refractivity contribution in [3.05, 3.63) is 0 Å². The molecule has 0 fully saturated rings. The normalized spacial score (nSPS) is 17.1. The van der Waals surface area contributed by atoms with Gasteiger partial charge in [-0.3, -0.25) is 0 Å². The Morgan fingerprint density at radius 3 is 2.14 bits per heavy atom. The van der Waals surface area contributed by atoms with Crippen LogP contribution in [0.2, 0.25) is 0 Å². The van der Waals surface area contributed by atoms with E-state index in [2.05, 4.69) is 6.92 Å². The molecule has 0 aliphatic rings. The van der Waals surface area contributed by atoms with E-state index in [-0.39, 0.29) is 11.3 Å². The van der Waals surface area contributed by atoms with Crippen molar-refractivity contribution in [2.75, 3.05) is 12.8 Å². The number of hydroxylamine groups is 2. The molecule has 0 aliphatic carbocycles. The highest BCUT2D eigenvalue weighted by Gasteiger charge is 2.31. The maximum absolute atomic E-state index is 11.9. The average molecular weight is 220 g/mol. The van der Waals surface area contributed by atoms with Gasteiger partial charge in [-0.1, -0.05) is 6.92 Å². The topological polar surface area (TPSA) is 32.4 Å². The lowest BCUT2D eigenvalue weighted by Gasteiger charge is -2.35. The van der Waals surface area contributed by atoms with Gasteiger partial charge in [0.25, 0.3) is 0 Å². The van der Waals surface area contributed by atoms with Gasteiger partial charge in [-0.25, -0.2) is 0 Å². The Morgan fingerprint density at radius 2 is 1.86 bits per heavy atom. The summed E-state index contributed by atoms with van der Waals surface area (Å²) in [6, 6.07) is 0. The van der Waals surface area contributed by atoms with Crippen LogP contribution in [-0.2, 0) is 9.73 Å². The smallest absolute Gasteiger partial charge is 0.0802 e. The first-order valence-corrected chi connectivity index (χ1v) is 6.72. The number of rotatable bonds is 5. The molecule has 1 radical (unpaired) electrons. The summed E-state index contributed by atoms with van der Waals surface area (Å²) in [7, 11) is -0.610. The van der Waals surface area contributed by atoms with Gasteiger partial charge in [0.2, 0.25) is 0 Å². The van der Waals surface area contributed by atoms with E-state index in [0.717, 1.165) is 11.2 Å². The Kier molecular flexibility index (Phi) is 6.15. The molecule has 0 rings (SSSR count). The molecule has 4 heteroatoms. The molecule has 3 nitrogen and oxygen atoms in total. The third-order valence-electron chi connectivity index (χ3n) is 2.02. The lowest BCUT2D eigenvalue weighted by atomic mass is 10.1. The zero-order valence-corrected chi connectivity index (χ0v) is 11.1. The van der Waals surface area contributed by atoms with Crippen LogP contribution in [0.1, 0.15) is 41.5 Å². The highest BCUT2D eigenvalue weighted by molar-refractivity contribution is 7.53. The van der Waals surface area contributed by atoms with Crippen molar-refractivity contribution in [3.63, 3.8) is 0 Å². The van der Waals surface area contributed by atoms with Crippen molar-refractivity contribution in [1.82, 2.24) is 5.06 Å². The van der Waals surface area contributed by atoms with E-state index in [4.69, 9.17) is 4.52 Å². The van der Waals surface area contributed by atoms with Gasteiger partial charge < -0.3 is 4.52 Å². The van der Waals surface area contributed by atoms with Crippen molar-refractivity contribution < 1.29 is 9.73 Å². The fourth-order valence-corrected chi connectivity index (χ4v) is 3.15. The van der Waals surface area contributed by atoms with Gasteiger partial charge in [-0.2, -0.15) is 0 Å². The monoisotopic (exact) mass is 220 g/mol. The largest absolute Gasteiger partial charge is 0.358 e. The van der Waals surface area contributed by atoms with Gasteiger partial charge in [0.15, 0.2) is 0 Å². The van der Waals surface area contributed by atoms with Crippen molar-refractivity contribution in [3.8, 4) is 0 Å². The molecular formula is C10H23NO2P. The zero-order valence-electron chi connectivity index (χ0n) is 10.2. The van der Waals surface area contributed by atoms with Gasteiger partial charge in [-0.05, 0) is 40.8 Å². The van der Waals surface area contributed by atoms with Crippen LogP contribution in [0.25, 0.3) is 0 Å². The Labute approximate surface area is 89.2 Å². The quantitative estimate of drug-likeness (QED) is 0.526. The van der Waals surface area contributed by atoms with Crippen molar-refractivity contribution in [1.29, 1.82) is 0 Å². The molecule has 2 unspecified atom stereocenters. The van der Waals surface area contributed by atoms with Gasteiger partial charge >= 0.3 is 0 Å². The van der Waals surface area contributed by atoms with Crippen LogP contribution >= 0.6 is 8.15 Å². The summed E-state index contributed by atoms with van der Waals surface area (Å²) in [4.78, 5) is 0. The number of nitrogens with zero attached hydrogens (tertiary/aromatic N) is 1. The summed E-state index contributed by atoms with van der Waals surface area (Å²) >= 11 is 0. The molecule has 0 aromatic rings. The second kappa shape index (κ2) is 6.02. The minimum Gasteiger partial charge on any atom is -0.358 e. The predicted octanol–water partition coefficient (Wildman–Crippen LogP) is 3.23. The Hall–Kier alpha value is 0.310. The van der Waals surface area contributed by atoms with Gasteiger partial charge in [0, 0.05) is 20.3 Å².